The average molecular weight is 648 g/mol. The second kappa shape index (κ2) is 17.6. The molecule has 246 valence electrons. The molecular weight excluding hydrogens is 605 g/mol. The maximum atomic E-state index is 13.4. The number of pyridine rings is 1. The third kappa shape index (κ3) is 11.4. The molecule has 0 aliphatic carbocycles. The van der Waals surface area contributed by atoms with Crippen LogP contribution in [0.15, 0.2) is 71.8 Å². The van der Waals surface area contributed by atoms with Crippen LogP contribution in [0.4, 0.5) is 0 Å². The molecule has 15 heteroatoms. The molecule has 3 aromatic rings. The number of fused-ring (bicyclic) bond motifs is 1. The molecule has 7 N–H and O–H groups in total. The largest absolute Gasteiger partial charge is 0.462 e. The van der Waals surface area contributed by atoms with E-state index in [1.807, 2.05) is 44.2 Å². The third-order valence-electron chi connectivity index (χ3n) is 6.96. The Kier molecular flexibility index (Phi) is 14.3. The van der Waals surface area contributed by atoms with Crippen LogP contribution < -0.4 is 10.5 Å². The molecule has 1 aromatic heterocycles. The molecule has 0 aliphatic heterocycles. The zero-order chi connectivity index (χ0) is 33.0. The number of carbonyl (C=O) groups is 1. The Balaban J connectivity index is 1.77. The molecule has 45 heavy (non-hydrogen) atoms. The van der Waals surface area contributed by atoms with Crippen LogP contribution in [-0.4, -0.2) is 97.4 Å². The summed E-state index contributed by atoms with van der Waals surface area (Å²) in [7, 11) is -4.75. The van der Waals surface area contributed by atoms with Gasteiger partial charge in [-0.05, 0) is 48.9 Å². The highest BCUT2D eigenvalue weighted by Gasteiger charge is 2.34. The summed E-state index contributed by atoms with van der Waals surface area (Å²) < 4.78 is 45.4. The van der Waals surface area contributed by atoms with Gasteiger partial charge in [-0.3, -0.25) is 4.79 Å². The number of ether oxygens (including phenoxy) is 1. The lowest BCUT2D eigenvalue weighted by atomic mass is 10.0. The number of sulfonamides is 1. The zero-order valence-corrected chi connectivity index (χ0v) is 26.1. The topological polar surface area (TPSA) is 211 Å². The number of aryl methyl sites for hydroxylation is 1. The lowest BCUT2D eigenvalue weighted by Crippen LogP contribution is -2.50. The van der Waals surface area contributed by atoms with Crippen LogP contribution >= 0.6 is 0 Å². The predicted octanol–water partition coefficient (Wildman–Crippen LogP) is 0.132. The number of benzene rings is 2. The van der Waals surface area contributed by atoms with Gasteiger partial charge in [-0.25, -0.2) is 13.4 Å². The summed E-state index contributed by atoms with van der Waals surface area (Å²) >= 11 is 0. The highest BCUT2D eigenvalue weighted by atomic mass is 32.2. The summed E-state index contributed by atoms with van der Waals surface area (Å²) in [6, 6.07) is 17.7. The lowest BCUT2D eigenvalue weighted by molar-refractivity contribution is -0.156. The molecule has 0 unspecified atom stereocenters. The van der Waals surface area contributed by atoms with Crippen molar-refractivity contribution in [2.24, 2.45) is 11.7 Å². The van der Waals surface area contributed by atoms with Crippen LogP contribution in [-0.2, 0) is 35.3 Å². The van der Waals surface area contributed by atoms with Crippen LogP contribution in [0.2, 0.25) is 0 Å². The molecule has 0 spiro atoms. The molecule has 0 saturated carbocycles. The molecule has 0 bridgehead atoms. The molecule has 6 atom stereocenters. The van der Waals surface area contributed by atoms with Crippen LogP contribution in [0, 0.1) is 5.92 Å². The quantitative estimate of drug-likeness (QED) is 0.0583. The van der Waals surface area contributed by atoms with Crippen molar-refractivity contribution >= 4 is 34.6 Å². The van der Waals surface area contributed by atoms with Gasteiger partial charge in [-0.15, -0.1) is 0 Å². The Morgan fingerprint density at radius 2 is 1.67 bits per heavy atom. The highest BCUT2D eigenvalue weighted by molar-refractivity contribution is 7.89. The van der Waals surface area contributed by atoms with Gasteiger partial charge in [0.1, 0.15) is 37.1 Å². The van der Waals surface area contributed by atoms with Gasteiger partial charge >= 0.3 is 13.7 Å². The number of para-hydroxylation sites is 1. The highest BCUT2D eigenvalue weighted by Crippen LogP contribution is 2.17. The fourth-order valence-corrected chi connectivity index (χ4v) is 5.61. The first-order valence-electron chi connectivity index (χ1n) is 14.6. The number of aliphatic hydroxyl groups excluding tert-OH is 4. The number of nitrogens with zero attached hydrogens (tertiary/aromatic N) is 1. The summed E-state index contributed by atoms with van der Waals surface area (Å²) in [4.78, 5) is 17.6. The van der Waals surface area contributed by atoms with E-state index >= 15 is 0 Å². The van der Waals surface area contributed by atoms with Crippen molar-refractivity contribution < 1.29 is 47.7 Å². The summed E-state index contributed by atoms with van der Waals surface area (Å²) in [5.74, 6) is -0.754. The maximum absolute atomic E-state index is 13.4. The molecule has 0 amide bonds. The predicted molar refractivity (Wildman–Crippen MR) is 167 cm³/mol. The van der Waals surface area contributed by atoms with Gasteiger partial charge in [0.25, 0.3) is 10.0 Å². The summed E-state index contributed by atoms with van der Waals surface area (Å²) in [5.41, 5.74) is 7.21. The van der Waals surface area contributed by atoms with E-state index in [9.17, 15) is 33.6 Å². The van der Waals surface area contributed by atoms with Gasteiger partial charge in [0.2, 0.25) is 0 Å². The van der Waals surface area contributed by atoms with Crippen molar-refractivity contribution in [3.63, 3.8) is 0 Å². The van der Waals surface area contributed by atoms with Crippen molar-refractivity contribution in [2.45, 2.75) is 74.8 Å². The number of esters is 1. The third-order valence-corrected chi connectivity index (χ3v) is 8.34. The lowest BCUT2D eigenvalue weighted by Gasteiger charge is -2.29. The average Bonchev–Trinajstić information content (AvgIpc) is 3.03. The van der Waals surface area contributed by atoms with Gasteiger partial charge in [-0.2, -0.15) is 4.72 Å². The van der Waals surface area contributed by atoms with E-state index in [2.05, 4.69) is 9.71 Å². The van der Waals surface area contributed by atoms with Gasteiger partial charge in [0.15, 0.2) is 5.03 Å². The second-order valence-electron chi connectivity index (χ2n) is 11.1. The second-order valence-corrected chi connectivity index (χ2v) is 12.7. The molecule has 0 fully saturated rings. The van der Waals surface area contributed by atoms with Crippen molar-refractivity contribution in [2.75, 3.05) is 13.2 Å². The fourth-order valence-electron chi connectivity index (χ4n) is 4.44. The van der Waals surface area contributed by atoms with Gasteiger partial charge in [-0.1, -0.05) is 62.4 Å². The summed E-state index contributed by atoms with van der Waals surface area (Å²) in [6.07, 6.45) is -6.70. The molecule has 0 radical (unpaired) electrons. The van der Waals surface area contributed by atoms with Gasteiger partial charge in [0, 0.05) is 5.39 Å². The number of hydrogen-bond acceptors (Lipinski definition) is 12. The minimum Gasteiger partial charge on any atom is -0.462 e. The minimum absolute atomic E-state index is 0.0166. The van der Waals surface area contributed by atoms with Crippen molar-refractivity contribution in [1.82, 2.24) is 9.71 Å². The number of hydrogen-bond donors (Lipinski definition) is 6. The number of nitrogens with two attached hydrogens (primary N) is 1. The van der Waals surface area contributed by atoms with Crippen molar-refractivity contribution in [3.8, 4) is 0 Å². The molecule has 0 saturated heterocycles. The van der Waals surface area contributed by atoms with E-state index in [1.165, 1.54) is 6.07 Å². The Hall–Kier alpha value is -2.99. The number of nitrogens with one attached hydrogen (secondary N) is 1. The van der Waals surface area contributed by atoms with Crippen LogP contribution in [0.3, 0.4) is 0 Å². The number of rotatable bonds is 19. The van der Waals surface area contributed by atoms with Crippen LogP contribution in [0.5, 0.6) is 0 Å². The molecule has 1 heterocycles. The van der Waals surface area contributed by atoms with E-state index in [0.29, 0.717) is 18.4 Å². The van der Waals surface area contributed by atoms with E-state index < -0.39 is 73.6 Å². The molecule has 2 aromatic carbocycles. The number of aliphatic hydroxyl groups is 4. The normalized spacial score (nSPS) is 16.1. The smallest absolute Gasteiger partial charge is 0.439 e. The number of carbonyl (C=O) groups excluding carboxylic acids is 1. The molecule has 13 nitrogen and oxygen atoms in total. The Labute approximate surface area is 263 Å². The zero-order valence-electron chi connectivity index (χ0n) is 25.3. The first-order chi connectivity index (χ1) is 21.4. The molecular formula is C30H42BN3O10S. The van der Waals surface area contributed by atoms with Gasteiger partial charge in [0.05, 0.1) is 18.4 Å². The molecule has 3 rings (SSSR count). The first kappa shape index (κ1) is 36.5. The van der Waals surface area contributed by atoms with Gasteiger partial charge < -0.3 is 40.2 Å². The number of aromatic nitrogens is 1. The SMILES string of the molecule is CC(C)C[C@H](N)OBO[C@H](COC(=O)[C@H](CCc1ccccc1)NS(=O)(=O)c1ccc2ccccc2n1)[C@@H](O)[C@H](O)[C@H](O)CO. The molecule has 0 aliphatic rings. The van der Waals surface area contributed by atoms with Crippen molar-refractivity contribution in [3.05, 3.63) is 72.3 Å². The monoisotopic (exact) mass is 647 g/mol. The van der Waals surface area contributed by atoms with E-state index in [-0.39, 0.29) is 17.4 Å². The summed E-state index contributed by atoms with van der Waals surface area (Å²) in [5, 5.41) is 40.5. The fraction of sp³-hybridized carbons (Fsp3) is 0.467. The van der Waals surface area contributed by atoms with Crippen LogP contribution in [0.25, 0.3) is 10.9 Å². The summed E-state index contributed by atoms with van der Waals surface area (Å²) in [6.45, 7) is 2.38. The Bertz CT molecular complexity index is 1450. The maximum Gasteiger partial charge on any atom is 0.439 e. The van der Waals surface area contributed by atoms with E-state index in [1.54, 1.807) is 30.3 Å². The van der Waals surface area contributed by atoms with E-state index in [4.69, 9.17) is 19.8 Å². The first-order valence-corrected chi connectivity index (χ1v) is 16.1. The minimum atomic E-state index is -4.29. The van der Waals surface area contributed by atoms with Crippen LogP contribution in [0.1, 0.15) is 32.3 Å². The van der Waals surface area contributed by atoms with Crippen molar-refractivity contribution in [1.29, 1.82) is 0 Å². The standard InChI is InChI=1S/C30H42BN3O10S/c1-19(2)16-26(32)44-31-43-25(29(38)28(37)24(36)17-35)18-42-30(39)23(14-12-20-8-4-3-5-9-20)34-45(40,41)27-15-13-21-10-6-7-11-22(21)33-27/h3-11,13,15,19,23-26,28-29,31,34-38H,12,14,16-18,32H2,1-2H3/t23-,24+,25+,26+,28+,29+/m0/s1. The Morgan fingerprint density at radius 1 is 0.978 bits per heavy atom. The Morgan fingerprint density at radius 3 is 2.36 bits per heavy atom. The van der Waals surface area contributed by atoms with E-state index in [0.717, 1.165) is 10.9 Å².